The van der Waals surface area contributed by atoms with Gasteiger partial charge in [-0.05, 0) is 86.9 Å². The first-order chi connectivity index (χ1) is 15.2. The zero-order valence-corrected chi connectivity index (χ0v) is 18.2. The predicted octanol–water partition coefficient (Wildman–Crippen LogP) is 8.44. The number of aromatic nitrogens is 1. The number of hydrogen-bond donors (Lipinski definition) is 0. The first-order valence-corrected chi connectivity index (χ1v) is 11.5. The number of hydrogen-bond acceptors (Lipinski definition) is 2. The van der Waals surface area contributed by atoms with E-state index in [1.54, 1.807) is 0 Å². The van der Waals surface area contributed by atoms with Crippen LogP contribution in [0, 0.1) is 13.8 Å². The highest BCUT2D eigenvalue weighted by atomic mass is 32.2. The first-order valence-electron chi connectivity index (χ1n) is 10.6. The highest BCUT2D eigenvalue weighted by Crippen LogP contribution is 2.50. The normalized spacial score (nSPS) is 12.7. The molecule has 5 aromatic carbocycles. The van der Waals surface area contributed by atoms with Gasteiger partial charge in [-0.25, -0.2) is 0 Å². The lowest BCUT2D eigenvalue weighted by Gasteiger charge is -2.22. The lowest BCUT2D eigenvalue weighted by atomic mass is 9.93. The Kier molecular flexibility index (Phi) is 3.40. The Morgan fingerprint density at radius 1 is 0.613 bits per heavy atom. The zero-order valence-electron chi connectivity index (χ0n) is 17.4. The summed E-state index contributed by atoms with van der Waals surface area (Å²) in [5, 5.41) is 10.4. The van der Waals surface area contributed by atoms with Gasteiger partial charge in [0.2, 0.25) is 0 Å². The Hall–Kier alpha value is -3.36. The van der Waals surface area contributed by atoms with Gasteiger partial charge in [0.05, 0.1) is 5.69 Å². The van der Waals surface area contributed by atoms with Crippen LogP contribution < -0.4 is 0 Å². The molecule has 0 unspecified atom stereocenters. The van der Waals surface area contributed by atoms with Gasteiger partial charge >= 0.3 is 0 Å². The van der Waals surface area contributed by atoms with Crippen molar-refractivity contribution >= 4 is 54.9 Å². The minimum absolute atomic E-state index is 1.11. The summed E-state index contributed by atoms with van der Waals surface area (Å²) >= 11 is 1.88. The van der Waals surface area contributed by atoms with E-state index in [2.05, 4.69) is 86.6 Å². The Morgan fingerprint density at radius 3 is 2.29 bits per heavy atom. The van der Waals surface area contributed by atoms with Crippen molar-refractivity contribution in [3.8, 4) is 11.3 Å². The maximum Gasteiger partial charge on any atom is 0.0803 e. The van der Waals surface area contributed by atoms with Crippen LogP contribution in [0.5, 0.6) is 0 Å². The van der Waals surface area contributed by atoms with Gasteiger partial charge in [0.25, 0.3) is 0 Å². The summed E-state index contributed by atoms with van der Waals surface area (Å²) in [5.74, 6) is 0. The van der Waals surface area contributed by atoms with Crippen molar-refractivity contribution in [3.63, 3.8) is 0 Å². The van der Waals surface area contributed by atoms with Crippen molar-refractivity contribution in [1.82, 2.24) is 4.98 Å². The average Bonchev–Trinajstić information content (AvgIpc) is 2.79. The summed E-state index contributed by atoms with van der Waals surface area (Å²) in [6.45, 7) is 4.40. The van der Waals surface area contributed by atoms with Crippen molar-refractivity contribution in [2.45, 2.75) is 23.6 Å². The maximum absolute atomic E-state index is 4.87. The Morgan fingerprint density at radius 2 is 1.42 bits per heavy atom. The van der Waals surface area contributed by atoms with E-state index in [0.717, 1.165) is 5.69 Å². The van der Waals surface area contributed by atoms with Crippen LogP contribution in [0.3, 0.4) is 0 Å². The molecule has 0 fully saturated rings. The lowest BCUT2D eigenvalue weighted by molar-refractivity contribution is 1.30. The number of nitrogens with zero attached hydrogens (tertiary/aromatic N) is 1. The lowest BCUT2D eigenvalue weighted by Crippen LogP contribution is -1.97. The summed E-state index contributed by atoms with van der Waals surface area (Å²) in [6, 6.07) is 27.0. The zero-order chi connectivity index (χ0) is 20.7. The largest absolute Gasteiger partial charge is 0.256 e. The fourth-order valence-corrected chi connectivity index (χ4v) is 6.21. The minimum atomic E-state index is 1.11. The van der Waals surface area contributed by atoms with Gasteiger partial charge in [-0.15, -0.1) is 0 Å². The van der Waals surface area contributed by atoms with E-state index in [4.69, 9.17) is 4.98 Å². The van der Waals surface area contributed by atoms with Crippen LogP contribution in [-0.4, -0.2) is 4.98 Å². The highest BCUT2D eigenvalue weighted by molar-refractivity contribution is 7.99. The molecule has 0 radical (unpaired) electrons. The summed E-state index contributed by atoms with van der Waals surface area (Å²) in [7, 11) is 0. The molecule has 0 amide bonds. The molecule has 0 N–H and O–H groups in total. The molecular formula is C29H19NS. The molecule has 0 bridgehead atoms. The van der Waals surface area contributed by atoms with E-state index < -0.39 is 0 Å². The second kappa shape index (κ2) is 6.09. The molecule has 0 spiro atoms. The van der Waals surface area contributed by atoms with Crippen LogP contribution >= 0.6 is 11.8 Å². The Balaban J connectivity index is 1.63. The summed E-state index contributed by atoms with van der Waals surface area (Å²) < 4.78 is 0. The molecule has 1 aliphatic heterocycles. The fourth-order valence-electron chi connectivity index (χ4n) is 5.04. The third kappa shape index (κ3) is 2.37. The van der Waals surface area contributed by atoms with Crippen molar-refractivity contribution in [2.75, 3.05) is 0 Å². The summed E-state index contributed by atoms with van der Waals surface area (Å²) in [4.78, 5) is 7.46. The van der Waals surface area contributed by atoms with Crippen LogP contribution in [-0.2, 0) is 0 Å². The van der Waals surface area contributed by atoms with E-state index in [9.17, 15) is 0 Å². The van der Waals surface area contributed by atoms with Gasteiger partial charge in [-0.3, -0.25) is 4.98 Å². The van der Waals surface area contributed by atoms with Gasteiger partial charge < -0.3 is 0 Å². The number of rotatable bonds is 0. The van der Waals surface area contributed by atoms with Crippen molar-refractivity contribution in [1.29, 1.82) is 0 Å². The number of benzene rings is 5. The molecule has 31 heavy (non-hydrogen) atoms. The van der Waals surface area contributed by atoms with Crippen LogP contribution in [0.4, 0.5) is 0 Å². The molecule has 0 saturated heterocycles. The van der Waals surface area contributed by atoms with E-state index in [1.807, 2.05) is 18.0 Å². The van der Waals surface area contributed by atoms with Gasteiger partial charge in [0, 0.05) is 26.9 Å². The molecule has 0 atom stereocenters. The van der Waals surface area contributed by atoms with Gasteiger partial charge in [-0.2, -0.15) is 0 Å². The molecule has 7 rings (SSSR count). The Bertz CT molecular complexity index is 1730. The SMILES string of the molecule is Cc1cc2ccc3c4ccnc5c4c(cc3c2cc1C)Sc1cc2ccccc2cc1-5. The van der Waals surface area contributed by atoms with E-state index in [1.165, 1.54) is 69.6 Å². The predicted molar refractivity (Wildman–Crippen MR) is 133 cm³/mol. The molecule has 146 valence electrons. The Labute approximate surface area is 184 Å². The van der Waals surface area contributed by atoms with E-state index >= 15 is 0 Å². The van der Waals surface area contributed by atoms with Gasteiger partial charge in [-0.1, -0.05) is 60.3 Å². The second-order valence-electron chi connectivity index (χ2n) is 8.57. The van der Waals surface area contributed by atoms with Crippen LogP contribution in [0.25, 0.3) is 54.3 Å². The standard InChI is InChI=1S/C29H19NS/c1-16-11-20-7-8-21-22-9-10-30-29-25-13-18-5-3-4-6-19(18)14-26(25)31-27(28(22)29)15-24(21)23(20)12-17(16)2/h3-15H,1-2H3. The maximum atomic E-state index is 4.87. The minimum Gasteiger partial charge on any atom is -0.256 e. The molecule has 6 aromatic rings. The quantitative estimate of drug-likeness (QED) is 0.231. The number of pyridine rings is 1. The fraction of sp³-hybridized carbons (Fsp3) is 0.0690. The van der Waals surface area contributed by atoms with Crippen molar-refractivity contribution < 1.29 is 0 Å². The monoisotopic (exact) mass is 413 g/mol. The van der Waals surface area contributed by atoms with Crippen LogP contribution in [0.1, 0.15) is 11.1 Å². The van der Waals surface area contributed by atoms with Crippen LogP contribution in [0.15, 0.2) is 88.8 Å². The molecule has 0 aliphatic carbocycles. The number of aryl methyl sites for hydroxylation is 2. The van der Waals surface area contributed by atoms with Gasteiger partial charge in [0.15, 0.2) is 0 Å². The topological polar surface area (TPSA) is 12.9 Å². The van der Waals surface area contributed by atoms with Crippen molar-refractivity contribution in [2.24, 2.45) is 0 Å². The molecule has 0 saturated carbocycles. The third-order valence-corrected chi connectivity index (χ3v) is 7.86. The highest BCUT2D eigenvalue weighted by Gasteiger charge is 2.22. The summed E-state index contributed by atoms with van der Waals surface area (Å²) in [6.07, 6.45) is 1.97. The average molecular weight is 414 g/mol. The van der Waals surface area contributed by atoms with E-state index in [-0.39, 0.29) is 0 Å². The summed E-state index contributed by atoms with van der Waals surface area (Å²) in [5.41, 5.74) is 5.03. The van der Waals surface area contributed by atoms with E-state index in [0.29, 0.717) is 0 Å². The molecule has 1 nitrogen and oxygen atoms in total. The van der Waals surface area contributed by atoms with Gasteiger partial charge in [0.1, 0.15) is 0 Å². The smallest absolute Gasteiger partial charge is 0.0803 e. The third-order valence-electron chi connectivity index (χ3n) is 6.76. The van der Waals surface area contributed by atoms with Crippen LogP contribution in [0.2, 0.25) is 0 Å². The molecule has 1 aromatic heterocycles. The first kappa shape index (κ1) is 17.3. The molecular weight excluding hydrogens is 394 g/mol. The number of fused-ring (bicyclic) bond motifs is 7. The van der Waals surface area contributed by atoms with Crippen molar-refractivity contribution in [3.05, 3.63) is 90.1 Å². The molecule has 2 heterocycles. The second-order valence-corrected chi connectivity index (χ2v) is 9.66. The molecule has 2 heteroatoms. The molecule has 1 aliphatic rings.